The summed E-state index contributed by atoms with van der Waals surface area (Å²) in [4.78, 5) is 0. The minimum absolute atomic E-state index is 0.194. The summed E-state index contributed by atoms with van der Waals surface area (Å²) in [7, 11) is 0. The number of thiol groups is 1. The van der Waals surface area contributed by atoms with Gasteiger partial charge in [-0.2, -0.15) is 0 Å². The number of rotatable bonds is 0. The summed E-state index contributed by atoms with van der Waals surface area (Å²) in [6, 6.07) is 0. The van der Waals surface area contributed by atoms with Gasteiger partial charge >= 0.3 is 37.7 Å². The second-order valence-corrected chi connectivity index (χ2v) is 2.52. The molecule has 0 unspecified atom stereocenters. The fourth-order valence-electron chi connectivity index (χ4n) is 0.121. The van der Waals surface area contributed by atoms with E-state index in [1.54, 1.807) is 0 Å². The van der Waals surface area contributed by atoms with Gasteiger partial charge in [0.25, 0.3) is 0 Å². The van der Waals surface area contributed by atoms with E-state index in [0.717, 1.165) is 0 Å². The molecule has 1 rings (SSSR count). The summed E-state index contributed by atoms with van der Waals surface area (Å²) in [6.45, 7) is 6.16. The van der Waals surface area contributed by atoms with Crippen molar-refractivity contribution in [2.24, 2.45) is 0 Å². The number of hydrogen-bond donors (Lipinski definition) is 1. The summed E-state index contributed by atoms with van der Waals surface area (Å²) in [5, 5.41) is 0. The molecule has 1 aliphatic heterocycles. The van der Waals surface area contributed by atoms with E-state index in [0.29, 0.717) is 0 Å². The molecule has 0 nitrogen and oxygen atoms in total. The molecule has 3 heteroatoms. The first-order valence-corrected chi connectivity index (χ1v) is 2.08. The topological polar surface area (TPSA) is 0 Å². The van der Waals surface area contributed by atoms with E-state index in [9.17, 15) is 0 Å². The quantitative estimate of drug-likeness (QED) is 0.306. The van der Waals surface area contributed by atoms with Crippen molar-refractivity contribution in [2.75, 3.05) is 0 Å². The molecule has 0 fully saturated rings. The molecule has 0 aliphatic carbocycles. The fraction of sp³-hybridized carbons (Fsp3) is 1.00. The van der Waals surface area contributed by atoms with Gasteiger partial charge in [-0.1, -0.05) is 0 Å². The second-order valence-electron chi connectivity index (χ2n) is 1.56. The molecule has 5 heavy (non-hydrogen) atoms. The Morgan fingerprint density at radius 1 is 1.60 bits per heavy atom. The van der Waals surface area contributed by atoms with Crippen LogP contribution in [0.2, 0.25) is 0 Å². The van der Waals surface area contributed by atoms with Crippen molar-refractivity contribution in [3.8, 4) is 0 Å². The maximum absolute atomic E-state index is 4.12. The Hall–Kier alpha value is 0.480. The van der Waals surface area contributed by atoms with Crippen LogP contribution in [0.3, 0.4) is 0 Å². The van der Waals surface area contributed by atoms with Crippen LogP contribution in [-0.4, -0.2) is 18.1 Å². The van der Waals surface area contributed by atoms with E-state index in [1.165, 1.54) is 0 Å². The van der Waals surface area contributed by atoms with Gasteiger partial charge < -0.3 is 0 Å². The van der Waals surface area contributed by atoms with Crippen LogP contribution in [-0.2, 0) is 0 Å². The van der Waals surface area contributed by atoms with Crippen LogP contribution < -0.4 is 0 Å². The molecule has 0 aromatic heterocycles. The Kier molecular flexibility index (Phi) is 0.553. The van der Waals surface area contributed by atoms with Crippen molar-refractivity contribution in [3.63, 3.8) is 0 Å². The monoisotopic (exact) mass is 82.0 g/mol. The Balaban J connectivity index is 2.47. The van der Waals surface area contributed by atoms with E-state index < -0.39 is 0 Å². The standard InChI is InChI=1S/C2H4B2S/c1-2(5)3-4-2/h5H,1H3. The first kappa shape index (κ1) is 3.66. The molecule has 0 atom stereocenters. The summed E-state index contributed by atoms with van der Waals surface area (Å²) >= 11 is 4.12. The molecule has 1 aliphatic rings. The summed E-state index contributed by atoms with van der Waals surface area (Å²) < 4.78 is 0.194. The Morgan fingerprint density at radius 3 is 1.80 bits per heavy atom. The van der Waals surface area contributed by atoms with Gasteiger partial charge in [-0.15, -0.1) is 0 Å². The third-order valence-corrected chi connectivity index (χ3v) is 0.947. The van der Waals surface area contributed by atoms with E-state index in [2.05, 4.69) is 33.2 Å². The number of hydrogen-bond acceptors (Lipinski definition) is 1. The predicted octanol–water partition coefficient (Wildman–Crippen LogP) is -0.0731. The molecule has 0 aromatic carbocycles. The van der Waals surface area contributed by atoms with Crippen LogP contribution in [0.25, 0.3) is 0 Å². The van der Waals surface area contributed by atoms with Crippen LogP contribution >= 0.6 is 12.6 Å². The van der Waals surface area contributed by atoms with Gasteiger partial charge in [-0.3, -0.25) is 0 Å². The van der Waals surface area contributed by atoms with Crippen molar-refractivity contribution in [2.45, 2.75) is 11.5 Å². The van der Waals surface area contributed by atoms with Crippen LogP contribution in [0, 0.1) is 0 Å². The Morgan fingerprint density at radius 2 is 1.80 bits per heavy atom. The molecule has 0 aromatic rings. The van der Waals surface area contributed by atoms with Crippen molar-refractivity contribution < 1.29 is 0 Å². The molecule has 0 saturated carbocycles. The van der Waals surface area contributed by atoms with Crippen molar-refractivity contribution in [1.29, 1.82) is 0 Å². The van der Waals surface area contributed by atoms with E-state index >= 15 is 0 Å². The van der Waals surface area contributed by atoms with Crippen LogP contribution in [0.4, 0.5) is 0 Å². The van der Waals surface area contributed by atoms with E-state index in [1.807, 2.05) is 0 Å². The van der Waals surface area contributed by atoms with Gasteiger partial charge in [0.05, 0.1) is 0 Å². The van der Waals surface area contributed by atoms with Gasteiger partial charge in [0.1, 0.15) is 0 Å². The van der Waals surface area contributed by atoms with Gasteiger partial charge in [0.2, 0.25) is 0 Å². The average molecular weight is 81.7 g/mol. The molecule has 1 heterocycles. The average Bonchev–Trinajstić information content (AvgIpc) is 1.76. The van der Waals surface area contributed by atoms with Crippen LogP contribution in [0.5, 0.6) is 0 Å². The molecule has 0 spiro atoms. The predicted molar refractivity (Wildman–Crippen MR) is 28.9 cm³/mol. The molecular weight excluding hydrogens is 77.7 g/mol. The van der Waals surface area contributed by atoms with Crippen LogP contribution in [0.1, 0.15) is 6.92 Å². The van der Waals surface area contributed by atoms with Crippen LogP contribution in [0.15, 0.2) is 0 Å². The molecule has 0 radical (unpaired) electrons. The zero-order chi connectivity index (χ0) is 3.91. The van der Waals surface area contributed by atoms with Gasteiger partial charge in [0.15, 0.2) is 0 Å². The first-order chi connectivity index (χ1) is 2.21. The molecule has 0 saturated heterocycles. The molecule has 0 N–H and O–H groups in total. The Bertz CT molecular complexity index is 67.7. The summed E-state index contributed by atoms with van der Waals surface area (Å²) in [5.41, 5.74) is 0. The summed E-state index contributed by atoms with van der Waals surface area (Å²) in [5.74, 6) is 0. The summed E-state index contributed by atoms with van der Waals surface area (Å²) in [6.07, 6.45) is 0. The van der Waals surface area contributed by atoms with E-state index in [-0.39, 0.29) is 4.55 Å². The van der Waals surface area contributed by atoms with Gasteiger partial charge in [-0.05, 0) is 0 Å². The maximum atomic E-state index is 4.12. The van der Waals surface area contributed by atoms with Crippen molar-refractivity contribution in [1.82, 2.24) is 0 Å². The fourth-order valence-corrected chi connectivity index (χ4v) is 0.195. The second kappa shape index (κ2) is 0.754. The molecule has 0 bridgehead atoms. The van der Waals surface area contributed by atoms with E-state index in [4.69, 9.17) is 0 Å². The van der Waals surface area contributed by atoms with Crippen molar-refractivity contribution >= 4 is 26.2 Å². The van der Waals surface area contributed by atoms with Crippen molar-refractivity contribution in [3.05, 3.63) is 0 Å². The molecule has 24 valence electrons. The first-order valence-electron chi connectivity index (χ1n) is 1.63. The molecular formula is C2H4B2S. The third kappa shape index (κ3) is 0.917. The molecule has 0 amide bonds. The SMILES string of the molecule is CC1(S)B=B1. The normalized spacial score (nSPS) is 23.6. The zero-order valence-corrected chi connectivity index (χ0v) is 4.00. The van der Waals surface area contributed by atoms with Gasteiger partial charge in [0, 0.05) is 0 Å². The third-order valence-electron chi connectivity index (χ3n) is 0.649. The zero-order valence-electron chi connectivity index (χ0n) is 3.10. The minimum atomic E-state index is 0.194. The van der Waals surface area contributed by atoms with Gasteiger partial charge in [-0.25, -0.2) is 0 Å². The Labute approximate surface area is 38.5 Å².